The smallest absolute Gasteiger partial charge is 0.289 e. The summed E-state index contributed by atoms with van der Waals surface area (Å²) in [5.74, 6) is 1.49. The van der Waals surface area contributed by atoms with Gasteiger partial charge in [-0.1, -0.05) is 6.92 Å². The maximum atomic E-state index is 12.9. The summed E-state index contributed by atoms with van der Waals surface area (Å²) in [6.07, 6.45) is 5.02. The molecule has 0 radical (unpaired) electrons. The number of aromatic nitrogens is 1. The summed E-state index contributed by atoms with van der Waals surface area (Å²) in [7, 11) is 0. The van der Waals surface area contributed by atoms with Crippen molar-refractivity contribution in [2.75, 3.05) is 19.6 Å². The Morgan fingerprint density at radius 3 is 2.55 bits per heavy atom. The van der Waals surface area contributed by atoms with Gasteiger partial charge in [-0.15, -0.1) is 0 Å². The van der Waals surface area contributed by atoms with E-state index in [1.54, 1.807) is 11.0 Å². The lowest BCUT2D eigenvalue weighted by molar-refractivity contribution is -0.133. The number of nitrogens with zero attached hydrogens (tertiary/aromatic N) is 3. The van der Waals surface area contributed by atoms with Crippen LogP contribution in [0.2, 0.25) is 0 Å². The number of rotatable bonds is 8. The fourth-order valence-electron chi connectivity index (χ4n) is 4.31. The van der Waals surface area contributed by atoms with Gasteiger partial charge >= 0.3 is 0 Å². The molecule has 2 aromatic rings. The Hall–Kier alpha value is -2.54. The fraction of sp³-hybridized carbons (Fsp3) is 0.583. The Morgan fingerprint density at radius 2 is 1.87 bits per heavy atom. The summed E-state index contributed by atoms with van der Waals surface area (Å²) < 4.78 is 13.7. The number of carbonyl (C=O) groups excluding carboxylic acids is 2. The average Bonchev–Trinajstić information content (AvgIpc) is 3.33. The molecule has 0 unspecified atom stereocenters. The lowest BCUT2D eigenvalue weighted by Gasteiger charge is -2.34. The number of carbonyl (C=O) groups is 2. The van der Waals surface area contributed by atoms with Crippen molar-refractivity contribution in [2.24, 2.45) is 5.92 Å². The number of morpholine rings is 1. The Morgan fingerprint density at radius 1 is 1.13 bits per heavy atom. The Kier molecular flexibility index (Phi) is 6.51. The van der Waals surface area contributed by atoms with E-state index in [2.05, 4.69) is 11.5 Å². The van der Waals surface area contributed by atoms with E-state index in [4.69, 9.17) is 9.15 Å². The fourth-order valence-corrected chi connectivity index (χ4v) is 4.31. The number of hydrogen-bond acceptors (Lipinski definition) is 4. The second-order valence-electron chi connectivity index (χ2n) is 8.89. The third-order valence-electron chi connectivity index (χ3n) is 5.91. The van der Waals surface area contributed by atoms with Crippen LogP contribution in [0.5, 0.6) is 0 Å². The molecule has 1 saturated carbocycles. The van der Waals surface area contributed by atoms with Crippen LogP contribution >= 0.6 is 0 Å². The highest BCUT2D eigenvalue weighted by Gasteiger charge is 2.33. The molecule has 2 amide bonds. The van der Waals surface area contributed by atoms with Gasteiger partial charge in [0, 0.05) is 37.4 Å². The summed E-state index contributed by atoms with van der Waals surface area (Å²) in [6.45, 7) is 9.11. The van der Waals surface area contributed by atoms with Crippen molar-refractivity contribution < 1.29 is 18.7 Å². The van der Waals surface area contributed by atoms with Crippen molar-refractivity contribution in [3.8, 4) is 0 Å². The Labute approximate surface area is 183 Å². The van der Waals surface area contributed by atoms with Crippen LogP contribution in [0.25, 0.3) is 0 Å². The first-order valence-electron chi connectivity index (χ1n) is 11.4. The largest absolute Gasteiger partial charge is 0.454 e. The van der Waals surface area contributed by atoms with E-state index in [0.717, 1.165) is 37.3 Å². The molecule has 2 aliphatic rings. The topological polar surface area (TPSA) is 67.9 Å². The predicted molar refractivity (Wildman–Crippen MR) is 117 cm³/mol. The predicted octanol–water partition coefficient (Wildman–Crippen LogP) is 3.53. The number of furan rings is 1. The molecule has 0 spiro atoms. The van der Waals surface area contributed by atoms with Crippen LogP contribution in [0.4, 0.5) is 0 Å². The van der Waals surface area contributed by atoms with Gasteiger partial charge in [-0.3, -0.25) is 9.59 Å². The van der Waals surface area contributed by atoms with E-state index >= 15 is 0 Å². The summed E-state index contributed by atoms with van der Waals surface area (Å²) in [5.41, 5.74) is 1.07. The highest BCUT2D eigenvalue weighted by Crippen LogP contribution is 2.31. The maximum Gasteiger partial charge on any atom is 0.289 e. The molecule has 0 aromatic carbocycles. The molecule has 0 N–H and O–H groups in total. The van der Waals surface area contributed by atoms with Gasteiger partial charge in [0.1, 0.15) is 5.76 Å². The Bertz CT molecular complexity index is 904. The van der Waals surface area contributed by atoms with E-state index in [-0.39, 0.29) is 29.9 Å². The van der Waals surface area contributed by atoms with E-state index < -0.39 is 0 Å². The van der Waals surface area contributed by atoms with Gasteiger partial charge < -0.3 is 23.5 Å². The summed E-state index contributed by atoms with van der Waals surface area (Å²) in [6, 6.07) is 7.66. The minimum Gasteiger partial charge on any atom is -0.454 e. The number of amides is 2. The van der Waals surface area contributed by atoms with Gasteiger partial charge in [0.25, 0.3) is 5.91 Å². The lowest BCUT2D eigenvalue weighted by atomic mass is 10.2. The minimum atomic E-state index is -0.0925. The molecule has 1 saturated heterocycles. The zero-order valence-electron chi connectivity index (χ0n) is 18.8. The molecule has 0 bridgehead atoms. The molecule has 7 heteroatoms. The summed E-state index contributed by atoms with van der Waals surface area (Å²) in [4.78, 5) is 29.2. The van der Waals surface area contributed by atoms with Gasteiger partial charge in [-0.25, -0.2) is 0 Å². The van der Waals surface area contributed by atoms with Gasteiger partial charge in [0.2, 0.25) is 5.91 Å². The standard InChI is InChI=1S/C24H33N3O4/c1-4-11-26(23(28)19-7-8-19)15-20-6-5-12-25(20)16-21-9-10-22(31-21)24(29)27-13-17(2)30-18(3)14-27/h5-6,9-10,12,17-19H,4,7-8,11,13-16H2,1-3H3/t17-,18-/m0/s1. The lowest BCUT2D eigenvalue weighted by Crippen LogP contribution is -2.48. The normalized spacial score (nSPS) is 21.3. The van der Waals surface area contributed by atoms with Crippen molar-refractivity contribution in [3.05, 3.63) is 47.7 Å². The van der Waals surface area contributed by atoms with Crippen LogP contribution < -0.4 is 0 Å². The molecule has 4 rings (SSSR count). The van der Waals surface area contributed by atoms with E-state index in [1.807, 2.05) is 43.1 Å². The molecule has 1 aliphatic heterocycles. The quantitative estimate of drug-likeness (QED) is 0.646. The molecule has 2 fully saturated rings. The van der Waals surface area contributed by atoms with Crippen molar-refractivity contribution in [2.45, 2.75) is 65.3 Å². The average molecular weight is 428 g/mol. The molecule has 2 atom stereocenters. The first-order chi connectivity index (χ1) is 14.9. The molecule has 1 aliphatic carbocycles. The van der Waals surface area contributed by atoms with Crippen LogP contribution in [0, 0.1) is 5.92 Å². The van der Waals surface area contributed by atoms with Crippen molar-refractivity contribution in [1.29, 1.82) is 0 Å². The molecule has 168 valence electrons. The molecular formula is C24H33N3O4. The highest BCUT2D eigenvalue weighted by molar-refractivity contribution is 5.91. The van der Waals surface area contributed by atoms with Crippen LogP contribution in [-0.4, -0.2) is 58.0 Å². The second-order valence-corrected chi connectivity index (χ2v) is 8.89. The SMILES string of the molecule is CCCN(Cc1cccn1Cc1ccc(C(=O)N2C[C@H](C)O[C@@H](C)C2)o1)C(=O)C1CC1. The summed E-state index contributed by atoms with van der Waals surface area (Å²) in [5, 5.41) is 0. The highest BCUT2D eigenvalue weighted by atomic mass is 16.5. The first-order valence-corrected chi connectivity index (χ1v) is 11.4. The van der Waals surface area contributed by atoms with Crippen LogP contribution in [0.3, 0.4) is 0 Å². The maximum absolute atomic E-state index is 12.9. The second kappa shape index (κ2) is 9.30. The monoisotopic (exact) mass is 427 g/mol. The van der Waals surface area contributed by atoms with Gasteiger partial charge in [-0.2, -0.15) is 0 Å². The number of hydrogen-bond donors (Lipinski definition) is 0. The number of ether oxygens (including phenoxy) is 1. The minimum absolute atomic E-state index is 0.0222. The first kappa shape index (κ1) is 21.7. The third kappa shape index (κ3) is 5.21. The van der Waals surface area contributed by atoms with Crippen LogP contribution in [-0.2, 0) is 22.6 Å². The molecule has 3 heterocycles. The van der Waals surface area contributed by atoms with Gasteiger partial charge in [0.05, 0.1) is 25.3 Å². The summed E-state index contributed by atoms with van der Waals surface area (Å²) >= 11 is 0. The molecule has 2 aromatic heterocycles. The third-order valence-corrected chi connectivity index (χ3v) is 5.91. The Balaban J connectivity index is 1.41. The molecular weight excluding hydrogens is 394 g/mol. The van der Waals surface area contributed by atoms with Crippen LogP contribution in [0.15, 0.2) is 34.9 Å². The molecule has 31 heavy (non-hydrogen) atoms. The molecule has 7 nitrogen and oxygen atoms in total. The van der Waals surface area contributed by atoms with E-state index in [0.29, 0.717) is 31.9 Å². The van der Waals surface area contributed by atoms with Gasteiger partial charge in [-0.05, 0) is 57.4 Å². The zero-order chi connectivity index (χ0) is 22.0. The van der Waals surface area contributed by atoms with E-state index in [9.17, 15) is 9.59 Å². The van der Waals surface area contributed by atoms with E-state index in [1.165, 1.54) is 0 Å². The van der Waals surface area contributed by atoms with Crippen molar-refractivity contribution >= 4 is 11.8 Å². The zero-order valence-corrected chi connectivity index (χ0v) is 18.8. The van der Waals surface area contributed by atoms with Crippen LogP contribution in [0.1, 0.15) is 62.0 Å². The van der Waals surface area contributed by atoms with Crippen molar-refractivity contribution in [1.82, 2.24) is 14.4 Å². The van der Waals surface area contributed by atoms with Crippen molar-refractivity contribution in [3.63, 3.8) is 0 Å². The van der Waals surface area contributed by atoms with Gasteiger partial charge in [0.15, 0.2) is 5.76 Å².